The topological polar surface area (TPSA) is 74.5 Å². The summed E-state index contributed by atoms with van der Waals surface area (Å²) in [4.78, 5) is 26.7. The summed E-state index contributed by atoms with van der Waals surface area (Å²) < 4.78 is 0. The first-order valence-electron chi connectivity index (χ1n) is 8.16. The number of nitroso groups, excluding NO2 is 1. The highest BCUT2D eigenvalue weighted by Crippen LogP contribution is 2.27. The van der Waals surface area contributed by atoms with Crippen molar-refractivity contribution in [3.05, 3.63) is 93.3 Å². The van der Waals surface area contributed by atoms with Crippen LogP contribution in [0.4, 0.5) is 0 Å². The average molecular weight is 413 g/mol. The second kappa shape index (κ2) is 8.73. The van der Waals surface area contributed by atoms with E-state index in [-0.39, 0.29) is 12.4 Å². The standard InChI is InChI=1S/C20H14Cl2N4O2/c1-2-17(20(27)25-28)24-26-12-23-18(13-5-3-7-15(21)9-13)11-19(26)14-6-4-8-16(22)10-14/h2-11H,1,12H2/b24-17+. The van der Waals surface area contributed by atoms with E-state index in [4.69, 9.17) is 23.2 Å². The molecule has 0 atom stereocenters. The molecule has 0 N–H and O–H groups in total. The zero-order valence-electron chi connectivity index (χ0n) is 14.5. The minimum absolute atomic E-state index is 0.115. The quantitative estimate of drug-likeness (QED) is 0.515. The third kappa shape index (κ3) is 4.42. The summed E-state index contributed by atoms with van der Waals surface area (Å²) >= 11 is 12.2. The number of hydrogen-bond acceptors (Lipinski definition) is 5. The third-order valence-electron chi connectivity index (χ3n) is 3.89. The van der Waals surface area contributed by atoms with E-state index in [1.807, 2.05) is 24.3 Å². The lowest BCUT2D eigenvalue weighted by Gasteiger charge is -2.25. The van der Waals surface area contributed by atoms with Gasteiger partial charge in [-0.2, -0.15) is 5.10 Å². The van der Waals surface area contributed by atoms with Crippen molar-refractivity contribution in [3.8, 4) is 0 Å². The highest BCUT2D eigenvalue weighted by Gasteiger charge is 2.20. The van der Waals surface area contributed by atoms with E-state index in [1.165, 1.54) is 11.1 Å². The fraction of sp³-hybridized carbons (Fsp3) is 0.0500. The molecular weight excluding hydrogens is 399 g/mol. The van der Waals surface area contributed by atoms with Crippen LogP contribution in [-0.2, 0) is 4.79 Å². The number of allylic oxidation sites excluding steroid dienone is 1. The molecule has 0 unspecified atom stereocenters. The molecule has 2 aromatic carbocycles. The predicted octanol–water partition coefficient (Wildman–Crippen LogP) is 4.93. The van der Waals surface area contributed by atoms with Crippen molar-refractivity contribution in [2.45, 2.75) is 0 Å². The zero-order chi connectivity index (χ0) is 20.1. The molecule has 0 aliphatic carbocycles. The maximum Gasteiger partial charge on any atom is 0.336 e. The van der Waals surface area contributed by atoms with Crippen LogP contribution < -0.4 is 0 Å². The molecule has 0 saturated heterocycles. The molecule has 0 radical (unpaired) electrons. The van der Waals surface area contributed by atoms with E-state index in [0.29, 0.717) is 21.5 Å². The van der Waals surface area contributed by atoms with Gasteiger partial charge in [0.25, 0.3) is 0 Å². The molecule has 8 heteroatoms. The van der Waals surface area contributed by atoms with Crippen molar-refractivity contribution in [3.63, 3.8) is 0 Å². The van der Waals surface area contributed by atoms with Gasteiger partial charge in [0, 0.05) is 26.3 Å². The van der Waals surface area contributed by atoms with Crippen LogP contribution in [0.1, 0.15) is 11.1 Å². The Morgan fingerprint density at radius 2 is 1.75 bits per heavy atom. The van der Waals surface area contributed by atoms with Crippen LogP contribution in [0.5, 0.6) is 0 Å². The van der Waals surface area contributed by atoms with Gasteiger partial charge in [-0.05, 0) is 36.4 Å². The minimum atomic E-state index is -1.01. The number of rotatable bonds is 5. The van der Waals surface area contributed by atoms with E-state index in [0.717, 1.165) is 11.1 Å². The van der Waals surface area contributed by atoms with E-state index in [1.54, 1.807) is 30.3 Å². The fourth-order valence-corrected chi connectivity index (χ4v) is 2.99. The maximum atomic E-state index is 11.6. The first kappa shape index (κ1) is 19.7. The summed E-state index contributed by atoms with van der Waals surface area (Å²) in [5, 5.41) is 9.23. The van der Waals surface area contributed by atoms with Crippen LogP contribution in [0.15, 0.2) is 82.5 Å². The van der Waals surface area contributed by atoms with Crippen molar-refractivity contribution in [1.29, 1.82) is 0 Å². The Bertz CT molecular complexity index is 1040. The van der Waals surface area contributed by atoms with E-state index in [9.17, 15) is 9.70 Å². The highest BCUT2D eigenvalue weighted by atomic mass is 35.5. The molecule has 1 aliphatic rings. The number of nitrogens with zero attached hydrogens (tertiary/aromatic N) is 4. The molecule has 140 valence electrons. The molecular formula is C20H14Cl2N4O2. The number of benzene rings is 2. The molecule has 1 amide bonds. The van der Waals surface area contributed by atoms with Gasteiger partial charge in [0.1, 0.15) is 6.67 Å². The summed E-state index contributed by atoms with van der Waals surface area (Å²) in [6.07, 6.45) is 2.99. The lowest BCUT2D eigenvalue weighted by Crippen LogP contribution is -2.25. The van der Waals surface area contributed by atoms with Gasteiger partial charge in [0.15, 0.2) is 5.71 Å². The average Bonchev–Trinajstić information content (AvgIpc) is 2.71. The largest absolute Gasteiger partial charge is 0.336 e. The number of amides is 1. The molecule has 2 aromatic rings. The van der Waals surface area contributed by atoms with Crippen LogP contribution >= 0.6 is 23.2 Å². The summed E-state index contributed by atoms with van der Waals surface area (Å²) in [5.74, 6) is -1.01. The van der Waals surface area contributed by atoms with Crippen LogP contribution in [0.2, 0.25) is 10.0 Å². The van der Waals surface area contributed by atoms with Gasteiger partial charge in [-0.1, -0.05) is 54.0 Å². The highest BCUT2D eigenvalue weighted by molar-refractivity contribution is 6.43. The van der Waals surface area contributed by atoms with Crippen LogP contribution in [-0.4, -0.2) is 29.0 Å². The molecule has 3 rings (SSSR count). The first-order chi connectivity index (χ1) is 13.5. The molecule has 1 aliphatic heterocycles. The number of carbonyl (C=O) groups excluding carboxylic acids is 1. The van der Waals surface area contributed by atoms with Crippen LogP contribution in [0.3, 0.4) is 0 Å². The SMILES string of the molecule is C=C/C(=N\N1CN=C(c2cccc(Cl)c2)C=C1c1cccc(Cl)c1)C(=O)N=O. The Morgan fingerprint density at radius 1 is 1.11 bits per heavy atom. The van der Waals surface area contributed by atoms with Gasteiger partial charge in [-0.15, -0.1) is 4.91 Å². The second-order valence-corrected chi connectivity index (χ2v) is 6.59. The number of hydrogen-bond donors (Lipinski definition) is 0. The number of halogens is 2. The van der Waals surface area contributed by atoms with Crippen molar-refractivity contribution < 1.29 is 4.79 Å². The molecule has 0 spiro atoms. The Balaban J connectivity index is 2.09. The maximum absolute atomic E-state index is 11.6. The van der Waals surface area contributed by atoms with Gasteiger partial charge < -0.3 is 0 Å². The van der Waals surface area contributed by atoms with Crippen LogP contribution in [0.25, 0.3) is 5.70 Å². The van der Waals surface area contributed by atoms with Gasteiger partial charge in [-0.3, -0.25) is 9.79 Å². The number of aliphatic imine (C=N–C) groups is 1. The summed E-state index contributed by atoms with van der Waals surface area (Å²) in [5.41, 5.74) is 2.77. The predicted molar refractivity (Wildman–Crippen MR) is 113 cm³/mol. The van der Waals surface area contributed by atoms with Gasteiger partial charge in [0.2, 0.25) is 0 Å². The Labute approximate surface area is 171 Å². The summed E-state index contributed by atoms with van der Waals surface area (Å²) in [6, 6.07) is 14.5. The molecule has 0 aromatic heterocycles. The first-order valence-corrected chi connectivity index (χ1v) is 8.91. The van der Waals surface area contributed by atoms with Crippen molar-refractivity contribution in [1.82, 2.24) is 5.01 Å². The van der Waals surface area contributed by atoms with Gasteiger partial charge in [0.05, 0.1) is 11.4 Å². The normalized spacial score (nSPS) is 14.2. The van der Waals surface area contributed by atoms with Crippen molar-refractivity contribution in [2.75, 3.05) is 6.67 Å². The molecule has 0 bridgehead atoms. The summed E-state index contributed by atoms with van der Waals surface area (Å²) in [7, 11) is 0. The Hall–Kier alpha value is -3.09. The van der Waals surface area contributed by atoms with E-state index < -0.39 is 5.91 Å². The van der Waals surface area contributed by atoms with Gasteiger partial charge >= 0.3 is 5.91 Å². The fourth-order valence-electron chi connectivity index (χ4n) is 2.60. The lowest BCUT2D eigenvalue weighted by atomic mass is 10.0. The molecule has 0 saturated carbocycles. The summed E-state index contributed by atoms with van der Waals surface area (Å²) in [6.45, 7) is 3.63. The Kier molecular flexibility index (Phi) is 6.13. The molecule has 28 heavy (non-hydrogen) atoms. The zero-order valence-corrected chi connectivity index (χ0v) is 16.1. The molecule has 6 nitrogen and oxygen atoms in total. The van der Waals surface area contributed by atoms with E-state index >= 15 is 0 Å². The van der Waals surface area contributed by atoms with Crippen molar-refractivity contribution >= 4 is 46.2 Å². The lowest BCUT2D eigenvalue weighted by molar-refractivity contribution is -0.111. The van der Waals surface area contributed by atoms with Crippen LogP contribution in [0, 0.1) is 4.91 Å². The molecule has 0 fully saturated rings. The third-order valence-corrected chi connectivity index (χ3v) is 4.36. The van der Waals surface area contributed by atoms with Gasteiger partial charge in [-0.25, -0.2) is 5.01 Å². The number of hydrazone groups is 1. The second-order valence-electron chi connectivity index (χ2n) is 5.72. The minimum Gasteiger partial charge on any atom is -0.261 e. The van der Waals surface area contributed by atoms with E-state index in [2.05, 4.69) is 21.8 Å². The molecule has 1 heterocycles. The monoisotopic (exact) mass is 412 g/mol. The number of carbonyl (C=O) groups is 1. The smallest absolute Gasteiger partial charge is 0.261 e. The van der Waals surface area contributed by atoms with Crippen molar-refractivity contribution in [2.24, 2.45) is 15.3 Å². The Morgan fingerprint density at radius 3 is 2.36 bits per heavy atom.